The summed E-state index contributed by atoms with van der Waals surface area (Å²) >= 11 is 0. The summed E-state index contributed by atoms with van der Waals surface area (Å²) in [6, 6.07) is 8.35. The molecule has 2 nitrogen and oxygen atoms in total. The molecule has 0 amide bonds. The van der Waals surface area contributed by atoms with Gasteiger partial charge in [-0.1, -0.05) is 37.6 Å². The Balaban J connectivity index is 2.12. The van der Waals surface area contributed by atoms with Crippen LogP contribution in [-0.2, 0) is 16.0 Å². The first kappa shape index (κ1) is 10.4. The van der Waals surface area contributed by atoms with E-state index in [-0.39, 0.29) is 18.3 Å². The van der Waals surface area contributed by atoms with Crippen LogP contribution < -0.4 is 0 Å². The number of aryl methyl sites for hydroxylation is 1. The van der Waals surface area contributed by atoms with Gasteiger partial charge in [-0.2, -0.15) is 0 Å². The third-order valence-electron chi connectivity index (χ3n) is 2.84. The summed E-state index contributed by atoms with van der Waals surface area (Å²) in [6.07, 6.45) is 2.26. The highest BCUT2D eigenvalue weighted by Crippen LogP contribution is 2.22. The molecule has 2 heteroatoms. The number of ether oxygens (including phenoxy) is 1. The van der Waals surface area contributed by atoms with E-state index in [4.69, 9.17) is 4.74 Å². The van der Waals surface area contributed by atoms with Crippen LogP contribution in [0.2, 0.25) is 0 Å². The normalized spacial score (nSPS) is 20.9. The molecule has 0 radical (unpaired) electrons. The van der Waals surface area contributed by atoms with Crippen molar-refractivity contribution in [2.24, 2.45) is 0 Å². The quantitative estimate of drug-likeness (QED) is 0.755. The summed E-state index contributed by atoms with van der Waals surface area (Å²) in [5, 5.41) is 0. The predicted octanol–water partition coefficient (Wildman–Crippen LogP) is 2.32. The van der Waals surface area contributed by atoms with Gasteiger partial charge < -0.3 is 4.74 Å². The van der Waals surface area contributed by atoms with Crippen molar-refractivity contribution >= 4 is 5.78 Å². The van der Waals surface area contributed by atoms with Gasteiger partial charge in [-0.05, 0) is 17.5 Å². The van der Waals surface area contributed by atoms with Crippen molar-refractivity contribution in [3.8, 4) is 0 Å². The lowest BCUT2D eigenvalue weighted by molar-refractivity contribution is -0.118. The first-order valence-electron chi connectivity index (χ1n) is 5.50. The lowest BCUT2D eigenvalue weighted by atomic mass is 9.96. The Morgan fingerprint density at radius 2 is 2.07 bits per heavy atom. The predicted molar refractivity (Wildman–Crippen MR) is 59.0 cm³/mol. The molecule has 1 heterocycles. The van der Waals surface area contributed by atoms with Gasteiger partial charge in [-0.25, -0.2) is 0 Å². The zero-order chi connectivity index (χ0) is 10.7. The zero-order valence-corrected chi connectivity index (χ0v) is 9.03. The van der Waals surface area contributed by atoms with E-state index < -0.39 is 0 Å². The Labute approximate surface area is 90.3 Å². The van der Waals surface area contributed by atoms with Crippen LogP contribution in [0.1, 0.15) is 30.4 Å². The van der Waals surface area contributed by atoms with Gasteiger partial charge in [0.15, 0.2) is 5.78 Å². The summed E-state index contributed by atoms with van der Waals surface area (Å²) in [6.45, 7) is 3.00. The van der Waals surface area contributed by atoms with Crippen molar-refractivity contribution in [3.05, 3.63) is 35.4 Å². The Hall–Kier alpha value is -1.15. The molecule has 1 aliphatic heterocycles. The minimum atomic E-state index is -0.0272. The van der Waals surface area contributed by atoms with Crippen LogP contribution in [0.3, 0.4) is 0 Å². The molecular formula is C13H16O2. The molecule has 2 rings (SSSR count). The van der Waals surface area contributed by atoms with Gasteiger partial charge in [-0.3, -0.25) is 4.79 Å². The summed E-state index contributed by atoms with van der Waals surface area (Å²) in [7, 11) is 0. The van der Waals surface area contributed by atoms with Crippen molar-refractivity contribution in [2.45, 2.75) is 25.7 Å². The number of rotatable bonds is 3. The van der Waals surface area contributed by atoms with Gasteiger partial charge in [-0.15, -0.1) is 0 Å². The number of hydrogen-bond donors (Lipinski definition) is 0. The molecule has 1 fully saturated rings. The van der Waals surface area contributed by atoms with E-state index in [9.17, 15) is 4.79 Å². The summed E-state index contributed by atoms with van der Waals surface area (Å²) in [5.74, 6) is 0.180. The van der Waals surface area contributed by atoms with Gasteiger partial charge in [0.05, 0.1) is 12.5 Å². The number of ketones is 1. The lowest BCUT2D eigenvalue weighted by Crippen LogP contribution is -2.08. The topological polar surface area (TPSA) is 26.3 Å². The molecular weight excluding hydrogens is 188 g/mol. The molecule has 0 N–H and O–H groups in total. The molecule has 0 aliphatic carbocycles. The van der Waals surface area contributed by atoms with Crippen LogP contribution in [0, 0.1) is 0 Å². The van der Waals surface area contributed by atoms with E-state index in [0.717, 1.165) is 18.4 Å². The van der Waals surface area contributed by atoms with Gasteiger partial charge >= 0.3 is 0 Å². The standard InChI is InChI=1S/C13H16O2/c1-2-3-10-4-6-11(7-5-10)12-8-15-9-13(12)14/h4-7,12H,2-3,8-9H2,1H3/t12-/m0/s1. The van der Waals surface area contributed by atoms with Crippen LogP contribution in [0.15, 0.2) is 24.3 Å². The molecule has 1 aliphatic rings. The summed E-state index contributed by atoms with van der Waals surface area (Å²) < 4.78 is 5.15. The molecule has 1 aromatic rings. The van der Waals surface area contributed by atoms with Crippen molar-refractivity contribution in [3.63, 3.8) is 0 Å². The maximum Gasteiger partial charge on any atom is 0.168 e. The average molecular weight is 204 g/mol. The minimum absolute atomic E-state index is 0.0272. The number of carbonyl (C=O) groups is 1. The zero-order valence-electron chi connectivity index (χ0n) is 9.03. The van der Waals surface area contributed by atoms with E-state index >= 15 is 0 Å². The number of Topliss-reactive ketones (excluding diaryl/α,β-unsaturated/α-hetero) is 1. The third-order valence-corrected chi connectivity index (χ3v) is 2.84. The van der Waals surface area contributed by atoms with E-state index in [1.54, 1.807) is 0 Å². The van der Waals surface area contributed by atoms with E-state index in [1.165, 1.54) is 5.56 Å². The second-order valence-electron chi connectivity index (χ2n) is 4.03. The SMILES string of the molecule is CCCc1ccc([C@@H]2COCC2=O)cc1. The van der Waals surface area contributed by atoms with Crippen LogP contribution in [0.4, 0.5) is 0 Å². The Bertz CT molecular complexity index is 340. The van der Waals surface area contributed by atoms with Crippen LogP contribution in [0.5, 0.6) is 0 Å². The first-order valence-corrected chi connectivity index (χ1v) is 5.50. The smallest absolute Gasteiger partial charge is 0.168 e. The average Bonchev–Trinajstić information content (AvgIpc) is 2.66. The third kappa shape index (κ3) is 2.26. The molecule has 1 saturated heterocycles. The van der Waals surface area contributed by atoms with E-state index in [0.29, 0.717) is 6.61 Å². The highest BCUT2D eigenvalue weighted by Gasteiger charge is 2.26. The summed E-state index contributed by atoms with van der Waals surface area (Å²) in [5.41, 5.74) is 2.44. The van der Waals surface area contributed by atoms with Crippen molar-refractivity contribution in [2.75, 3.05) is 13.2 Å². The van der Waals surface area contributed by atoms with Crippen molar-refractivity contribution < 1.29 is 9.53 Å². The molecule has 1 aromatic carbocycles. The lowest BCUT2D eigenvalue weighted by Gasteiger charge is -2.07. The first-order chi connectivity index (χ1) is 7.31. The van der Waals surface area contributed by atoms with Crippen LogP contribution in [0.25, 0.3) is 0 Å². The maximum atomic E-state index is 11.5. The van der Waals surface area contributed by atoms with Gasteiger partial charge in [0, 0.05) is 0 Å². The second kappa shape index (κ2) is 4.58. The fraction of sp³-hybridized carbons (Fsp3) is 0.462. The summed E-state index contributed by atoms with van der Waals surface area (Å²) in [4.78, 5) is 11.5. The van der Waals surface area contributed by atoms with E-state index in [2.05, 4.69) is 31.2 Å². The Morgan fingerprint density at radius 3 is 2.60 bits per heavy atom. The highest BCUT2D eigenvalue weighted by molar-refractivity contribution is 5.88. The fourth-order valence-corrected chi connectivity index (χ4v) is 1.96. The molecule has 0 unspecified atom stereocenters. The van der Waals surface area contributed by atoms with E-state index in [1.807, 2.05) is 0 Å². The monoisotopic (exact) mass is 204 g/mol. The molecule has 15 heavy (non-hydrogen) atoms. The molecule has 0 aromatic heterocycles. The molecule has 80 valence electrons. The van der Waals surface area contributed by atoms with Crippen molar-refractivity contribution in [1.29, 1.82) is 0 Å². The Morgan fingerprint density at radius 1 is 1.33 bits per heavy atom. The molecule has 1 atom stereocenters. The largest absolute Gasteiger partial charge is 0.373 e. The Kier molecular flexibility index (Phi) is 3.17. The maximum absolute atomic E-state index is 11.5. The number of hydrogen-bond acceptors (Lipinski definition) is 2. The molecule has 0 bridgehead atoms. The number of carbonyl (C=O) groups excluding carboxylic acids is 1. The highest BCUT2D eigenvalue weighted by atomic mass is 16.5. The van der Waals surface area contributed by atoms with Gasteiger partial charge in [0.25, 0.3) is 0 Å². The van der Waals surface area contributed by atoms with Crippen molar-refractivity contribution in [1.82, 2.24) is 0 Å². The van der Waals surface area contributed by atoms with Gasteiger partial charge in [0.2, 0.25) is 0 Å². The minimum Gasteiger partial charge on any atom is -0.373 e. The van der Waals surface area contributed by atoms with Gasteiger partial charge in [0.1, 0.15) is 6.61 Å². The van der Waals surface area contributed by atoms with Crippen LogP contribution >= 0.6 is 0 Å². The second-order valence-corrected chi connectivity index (χ2v) is 4.03. The molecule has 0 saturated carbocycles. The fourth-order valence-electron chi connectivity index (χ4n) is 1.96. The molecule has 0 spiro atoms. The number of benzene rings is 1. The van der Waals surface area contributed by atoms with Crippen LogP contribution in [-0.4, -0.2) is 19.0 Å².